The molecule has 1 aromatic carbocycles. The van der Waals surface area contributed by atoms with E-state index in [9.17, 15) is 9.59 Å². The molecule has 3 rings (SSSR count). The molecule has 1 fully saturated rings. The summed E-state index contributed by atoms with van der Waals surface area (Å²) in [4.78, 5) is 26.9. The number of aromatic nitrogens is 4. The summed E-state index contributed by atoms with van der Waals surface area (Å²) in [6.07, 6.45) is 4.19. The van der Waals surface area contributed by atoms with Crippen LogP contribution in [0.1, 0.15) is 32.6 Å². The number of halogens is 1. The van der Waals surface area contributed by atoms with Crippen molar-refractivity contribution in [3.63, 3.8) is 0 Å². The molecular formula is C15H18BrN5O2. The molecule has 2 aromatic rings. The van der Waals surface area contributed by atoms with Crippen molar-refractivity contribution in [3.8, 4) is 5.69 Å². The fourth-order valence-electron chi connectivity index (χ4n) is 3.03. The van der Waals surface area contributed by atoms with Gasteiger partial charge in [-0.1, -0.05) is 25.0 Å². The Morgan fingerprint density at radius 2 is 2.00 bits per heavy atom. The van der Waals surface area contributed by atoms with E-state index in [-0.39, 0.29) is 6.04 Å². The first-order chi connectivity index (χ1) is 11.1. The van der Waals surface area contributed by atoms with E-state index in [0.29, 0.717) is 16.7 Å². The van der Waals surface area contributed by atoms with E-state index >= 15 is 0 Å². The Bertz CT molecular complexity index is 763. The SMILES string of the molecule is CCN(C(=O)n1nnn(-c2ccccc2Br)c1=O)C1CCCC1. The highest BCUT2D eigenvalue weighted by Gasteiger charge is 2.29. The van der Waals surface area contributed by atoms with Crippen molar-refractivity contribution < 1.29 is 4.79 Å². The van der Waals surface area contributed by atoms with Crippen molar-refractivity contribution in [3.05, 3.63) is 39.2 Å². The summed E-state index contributed by atoms with van der Waals surface area (Å²) < 4.78 is 2.69. The number of hydrogen-bond acceptors (Lipinski definition) is 4. The molecule has 0 aliphatic heterocycles. The van der Waals surface area contributed by atoms with Crippen LogP contribution in [0.2, 0.25) is 0 Å². The van der Waals surface area contributed by atoms with Crippen LogP contribution in [0, 0.1) is 0 Å². The minimum Gasteiger partial charge on any atom is -0.320 e. The molecule has 0 bridgehead atoms. The van der Waals surface area contributed by atoms with Gasteiger partial charge in [0.1, 0.15) is 0 Å². The van der Waals surface area contributed by atoms with Crippen LogP contribution in [0.3, 0.4) is 0 Å². The Balaban J connectivity index is 1.94. The maximum Gasteiger partial charge on any atom is 0.377 e. The average Bonchev–Trinajstić information content (AvgIpc) is 3.19. The normalized spacial score (nSPS) is 15.0. The van der Waals surface area contributed by atoms with Crippen LogP contribution >= 0.6 is 15.9 Å². The Hall–Kier alpha value is -1.96. The van der Waals surface area contributed by atoms with Crippen molar-refractivity contribution in [2.45, 2.75) is 38.6 Å². The second-order valence-corrected chi connectivity index (χ2v) is 6.40. The fourth-order valence-corrected chi connectivity index (χ4v) is 3.48. The predicted octanol–water partition coefficient (Wildman–Crippen LogP) is 2.42. The standard InChI is InChI=1S/C15H18BrN5O2/c1-2-19(11-7-3-4-8-11)14(22)21-15(23)20(17-18-21)13-10-6-5-9-12(13)16/h5-6,9-11H,2-4,7-8H2,1H3. The van der Waals surface area contributed by atoms with Crippen LogP contribution in [0.15, 0.2) is 33.5 Å². The zero-order valence-electron chi connectivity index (χ0n) is 12.9. The number of para-hydroxylation sites is 1. The first kappa shape index (κ1) is 15.9. The molecule has 0 spiro atoms. The maximum atomic E-state index is 12.7. The molecule has 0 N–H and O–H groups in total. The number of amides is 1. The molecule has 23 heavy (non-hydrogen) atoms. The van der Waals surface area contributed by atoms with E-state index in [1.807, 2.05) is 13.0 Å². The van der Waals surface area contributed by atoms with Gasteiger partial charge in [0.25, 0.3) is 0 Å². The third-order valence-corrected chi connectivity index (χ3v) is 4.87. The molecule has 122 valence electrons. The van der Waals surface area contributed by atoms with Gasteiger partial charge in [-0.05, 0) is 58.3 Å². The minimum atomic E-state index is -0.557. The van der Waals surface area contributed by atoms with Crippen LogP contribution in [0.4, 0.5) is 4.79 Å². The van der Waals surface area contributed by atoms with E-state index in [2.05, 4.69) is 26.4 Å². The number of benzene rings is 1. The highest BCUT2D eigenvalue weighted by atomic mass is 79.9. The van der Waals surface area contributed by atoms with Gasteiger partial charge in [-0.15, -0.1) is 4.68 Å². The molecule has 1 aliphatic rings. The summed E-state index contributed by atoms with van der Waals surface area (Å²) in [6.45, 7) is 2.47. The summed E-state index contributed by atoms with van der Waals surface area (Å²) in [6, 6.07) is 6.97. The number of rotatable bonds is 3. The molecule has 0 saturated heterocycles. The van der Waals surface area contributed by atoms with E-state index in [0.717, 1.165) is 35.0 Å². The van der Waals surface area contributed by atoms with Gasteiger partial charge >= 0.3 is 11.7 Å². The van der Waals surface area contributed by atoms with Gasteiger partial charge in [-0.3, -0.25) is 0 Å². The molecule has 1 aromatic heterocycles. The van der Waals surface area contributed by atoms with E-state index < -0.39 is 11.7 Å². The van der Waals surface area contributed by atoms with E-state index in [1.54, 1.807) is 23.1 Å². The zero-order chi connectivity index (χ0) is 16.4. The summed E-state index contributed by atoms with van der Waals surface area (Å²) in [5, 5.41) is 7.63. The largest absolute Gasteiger partial charge is 0.377 e. The maximum absolute atomic E-state index is 12.7. The lowest BCUT2D eigenvalue weighted by Gasteiger charge is -2.26. The molecule has 1 saturated carbocycles. The molecule has 0 unspecified atom stereocenters. The quantitative estimate of drug-likeness (QED) is 0.767. The fraction of sp³-hybridized carbons (Fsp3) is 0.467. The lowest BCUT2D eigenvalue weighted by molar-refractivity contribution is 0.176. The third-order valence-electron chi connectivity index (χ3n) is 4.19. The predicted molar refractivity (Wildman–Crippen MR) is 88.7 cm³/mol. The average molecular weight is 380 g/mol. The smallest absolute Gasteiger partial charge is 0.320 e. The monoisotopic (exact) mass is 379 g/mol. The van der Waals surface area contributed by atoms with Crippen molar-refractivity contribution in [2.24, 2.45) is 0 Å². The first-order valence-electron chi connectivity index (χ1n) is 7.74. The molecule has 0 radical (unpaired) electrons. The minimum absolute atomic E-state index is 0.188. The van der Waals surface area contributed by atoms with E-state index in [1.165, 1.54) is 0 Å². The van der Waals surface area contributed by atoms with Gasteiger partial charge in [0.05, 0.1) is 5.69 Å². The van der Waals surface area contributed by atoms with Crippen molar-refractivity contribution in [1.82, 2.24) is 24.7 Å². The molecule has 1 amide bonds. The molecule has 8 heteroatoms. The molecule has 0 atom stereocenters. The summed E-state index contributed by atoms with van der Waals surface area (Å²) >= 11 is 3.38. The molecule has 1 heterocycles. The highest BCUT2D eigenvalue weighted by molar-refractivity contribution is 9.10. The molecule has 7 nitrogen and oxygen atoms in total. The molecule has 1 aliphatic carbocycles. The number of tetrazole rings is 1. The number of nitrogens with zero attached hydrogens (tertiary/aromatic N) is 5. The van der Waals surface area contributed by atoms with Crippen LogP contribution < -0.4 is 5.69 Å². The zero-order valence-corrected chi connectivity index (χ0v) is 14.4. The second-order valence-electron chi connectivity index (χ2n) is 5.54. The van der Waals surface area contributed by atoms with Gasteiger partial charge in [0, 0.05) is 17.1 Å². The lowest BCUT2D eigenvalue weighted by Crippen LogP contribution is -2.45. The van der Waals surface area contributed by atoms with Crippen LogP contribution in [0.5, 0.6) is 0 Å². The van der Waals surface area contributed by atoms with Gasteiger partial charge in [-0.2, -0.15) is 4.68 Å². The Morgan fingerprint density at radius 1 is 1.30 bits per heavy atom. The lowest BCUT2D eigenvalue weighted by atomic mass is 10.2. The van der Waals surface area contributed by atoms with Crippen LogP contribution in [-0.4, -0.2) is 43.3 Å². The van der Waals surface area contributed by atoms with Gasteiger partial charge in [-0.25, -0.2) is 9.59 Å². The van der Waals surface area contributed by atoms with Crippen LogP contribution in [0.25, 0.3) is 5.69 Å². The van der Waals surface area contributed by atoms with Crippen LogP contribution in [-0.2, 0) is 0 Å². The third kappa shape index (κ3) is 2.95. The van der Waals surface area contributed by atoms with Gasteiger partial charge in [0.15, 0.2) is 0 Å². The van der Waals surface area contributed by atoms with Crippen molar-refractivity contribution >= 4 is 22.0 Å². The van der Waals surface area contributed by atoms with Gasteiger partial charge in [0.2, 0.25) is 0 Å². The Labute approximate surface area is 142 Å². The Morgan fingerprint density at radius 3 is 2.65 bits per heavy atom. The highest BCUT2D eigenvalue weighted by Crippen LogP contribution is 2.23. The Kier molecular flexibility index (Phi) is 4.61. The topological polar surface area (TPSA) is 73.0 Å². The van der Waals surface area contributed by atoms with Crippen molar-refractivity contribution in [2.75, 3.05) is 6.54 Å². The number of carbonyl (C=O) groups is 1. The summed E-state index contributed by atoms with van der Waals surface area (Å²) in [5.41, 5.74) is -0.00110. The van der Waals surface area contributed by atoms with Crippen molar-refractivity contribution in [1.29, 1.82) is 0 Å². The first-order valence-corrected chi connectivity index (χ1v) is 8.53. The van der Waals surface area contributed by atoms with Gasteiger partial charge < -0.3 is 4.90 Å². The number of hydrogen-bond donors (Lipinski definition) is 0. The summed E-state index contributed by atoms with van der Waals surface area (Å²) in [5.74, 6) is 0. The number of carbonyl (C=O) groups excluding carboxylic acids is 1. The van der Waals surface area contributed by atoms with E-state index in [4.69, 9.17) is 0 Å². The molecular weight excluding hydrogens is 362 g/mol. The second kappa shape index (κ2) is 6.66. The summed E-state index contributed by atoms with van der Waals surface area (Å²) in [7, 11) is 0.